The Morgan fingerprint density at radius 1 is 1.48 bits per heavy atom. The van der Waals surface area contributed by atoms with E-state index in [-0.39, 0.29) is 12.2 Å². The highest BCUT2D eigenvalue weighted by Gasteiger charge is 2.42. The monoisotopic (exact) mass is 295 g/mol. The number of benzene rings is 1. The lowest BCUT2D eigenvalue weighted by Gasteiger charge is -2.30. The maximum atomic E-state index is 14.3. The fourth-order valence-electron chi connectivity index (χ4n) is 2.37. The molecule has 0 saturated heterocycles. The fourth-order valence-corrected chi connectivity index (χ4v) is 2.37. The van der Waals surface area contributed by atoms with Crippen molar-refractivity contribution in [3.8, 4) is 5.75 Å². The average Bonchev–Trinajstić information content (AvgIpc) is 3.29. The zero-order valence-electron chi connectivity index (χ0n) is 12.7. The molecule has 0 heterocycles. The number of carbonyl (C=O) groups is 1. The molecule has 0 aliphatic heterocycles. The molecule has 0 amide bonds. The summed E-state index contributed by atoms with van der Waals surface area (Å²) in [5, 5.41) is 3.18. The number of methoxy groups -OCH3 is 1. The van der Waals surface area contributed by atoms with Crippen LogP contribution in [0.25, 0.3) is 0 Å². The zero-order chi connectivity index (χ0) is 15.5. The smallest absolute Gasteiger partial charge is 0.330 e. The summed E-state index contributed by atoms with van der Waals surface area (Å²) in [6.07, 6.45) is 2.28. The molecular formula is C16H22FNO3. The molecule has 1 N–H and O–H groups in total. The van der Waals surface area contributed by atoms with Gasteiger partial charge in [0, 0.05) is 0 Å². The lowest BCUT2D eigenvalue weighted by Crippen LogP contribution is -2.49. The summed E-state index contributed by atoms with van der Waals surface area (Å²) in [5.74, 6) is -0.0763. The Kier molecular flexibility index (Phi) is 4.83. The average molecular weight is 295 g/mol. The molecule has 5 heteroatoms. The summed E-state index contributed by atoms with van der Waals surface area (Å²) in [6.45, 7) is 4.29. The standard InChI is InChI=1S/C16H22FNO3/c1-4-21-15(19)16(2,18-10-11-8-9-11)14-12(17)6-5-7-13(14)20-3/h5-7,11,18H,4,8-10H2,1-3H3. The van der Waals surface area contributed by atoms with Gasteiger partial charge in [-0.2, -0.15) is 0 Å². The van der Waals surface area contributed by atoms with Crippen molar-refractivity contribution in [2.45, 2.75) is 32.2 Å². The van der Waals surface area contributed by atoms with Gasteiger partial charge in [0.15, 0.2) is 0 Å². The van der Waals surface area contributed by atoms with Crippen molar-refractivity contribution in [2.75, 3.05) is 20.3 Å². The van der Waals surface area contributed by atoms with Crippen LogP contribution in [0.1, 0.15) is 32.3 Å². The predicted molar refractivity (Wildman–Crippen MR) is 77.7 cm³/mol. The molecule has 21 heavy (non-hydrogen) atoms. The van der Waals surface area contributed by atoms with Gasteiger partial charge in [0.1, 0.15) is 17.1 Å². The number of hydrogen-bond acceptors (Lipinski definition) is 4. The molecule has 0 radical (unpaired) electrons. The third kappa shape index (κ3) is 3.35. The topological polar surface area (TPSA) is 47.6 Å². The highest BCUT2D eigenvalue weighted by atomic mass is 19.1. The van der Waals surface area contributed by atoms with Crippen molar-refractivity contribution in [1.82, 2.24) is 5.32 Å². The van der Waals surface area contributed by atoms with Gasteiger partial charge in [0.05, 0.1) is 19.3 Å². The Balaban J connectivity index is 2.39. The van der Waals surface area contributed by atoms with E-state index in [9.17, 15) is 9.18 Å². The second kappa shape index (κ2) is 6.43. The Hall–Kier alpha value is -1.62. The molecule has 1 atom stereocenters. The second-order valence-corrected chi connectivity index (χ2v) is 5.49. The van der Waals surface area contributed by atoms with Gasteiger partial charge in [-0.25, -0.2) is 9.18 Å². The summed E-state index contributed by atoms with van der Waals surface area (Å²) in [5.41, 5.74) is -1.05. The first-order valence-electron chi connectivity index (χ1n) is 7.28. The molecule has 1 aromatic carbocycles. The first kappa shape index (κ1) is 15.8. The van der Waals surface area contributed by atoms with Crippen LogP contribution in [-0.4, -0.2) is 26.2 Å². The molecule has 1 aliphatic rings. The number of hydrogen-bond donors (Lipinski definition) is 1. The molecule has 0 aromatic heterocycles. The molecule has 1 fully saturated rings. The van der Waals surface area contributed by atoms with Crippen LogP contribution in [-0.2, 0) is 15.1 Å². The summed E-state index contributed by atoms with van der Waals surface area (Å²) in [7, 11) is 1.46. The minimum atomic E-state index is -1.25. The van der Waals surface area contributed by atoms with Gasteiger partial charge in [-0.05, 0) is 51.3 Å². The van der Waals surface area contributed by atoms with Crippen LogP contribution in [0.15, 0.2) is 18.2 Å². The molecule has 4 nitrogen and oxygen atoms in total. The molecular weight excluding hydrogens is 273 g/mol. The van der Waals surface area contributed by atoms with E-state index in [1.54, 1.807) is 26.0 Å². The largest absolute Gasteiger partial charge is 0.496 e. The van der Waals surface area contributed by atoms with Crippen LogP contribution in [0.4, 0.5) is 4.39 Å². The minimum absolute atomic E-state index is 0.201. The van der Waals surface area contributed by atoms with Gasteiger partial charge in [0.2, 0.25) is 0 Å². The highest BCUT2D eigenvalue weighted by Crippen LogP contribution is 2.35. The molecule has 1 unspecified atom stereocenters. The van der Waals surface area contributed by atoms with E-state index >= 15 is 0 Å². The predicted octanol–water partition coefficient (Wildman–Crippen LogP) is 2.61. The first-order valence-corrected chi connectivity index (χ1v) is 7.28. The van der Waals surface area contributed by atoms with Crippen LogP contribution in [0.3, 0.4) is 0 Å². The third-order valence-corrected chi connectivity index (χ3v) is 3.82. The molecule has 1 aromatic rings. The Labute approximate surface area is 124 Å². The summed E-state index contributed by atoms with van der Waals surface area (Å²) in [4.78, 5) is 12.4. The van der Waals surface area contributed by atoms with Crippen molar-refractivity contribution < 1.29 is 18.7 Å². The summed E-state index contributed by atoms with van der Waals surface area (Å²) < 4.78 is 24.7. The first-order chi connectivity index (χ1) is 10.0. The molecule has 1 aliphatic carbocycles. The van der Waals surface area contributed by atoms with E-state index in [0.29, 0.717) is 18.2 Å². The van der Waals surface area contributed by atoms with E-state index < -0.39 is 17.3 Å². The molecule has 1 saturated carbocycles. The number of esters is 1. The highest BCUT2D eigenvalue weighted by molar-refractivity contribution is 5.83. The van der Waals surface area contributed by atoms with Gasteiger partial charge in [-0.3, -0.25) is 5.32 Å². The van der Waals surface area contributed by atoms with Gasteiger partial charge in [0.25, 0.3) is 0 Å². The van der Waals surface area contributed by atoms with Crippen LogP contribution < -0.4 is 10.1 Å². The van der Waals surface area contributed by atoms with E-state index in [1.807, 2.05) is 0 Å². The van der Waals surface area contributed by atoms with Gasteiger partial charge in [-0.1, -0.05) is 6.07 Å². The zero-order valence-corrected chi connectivity index (χ0v) is 12.7. The Morgan fingerprint density at radius 3 is 2.76 bits per heavy atom. The SMILES string of the molecule is CCOC(=O)C(C)(NCC1CC1)c1c(F)cccc1OC. The third-order valence-electron chi connectivity index (χ3n) is 3.82. The molecule has 0 bridgehead atoms. The van der Waals surface area contributed by atoms with Crippen molar-refractivity contribution >= 4 is 5.97 Å². The summed E-state index contributed by atoms with van der Waals surface area (Å²) >= 11 is 0. The number of ether oxygens (including phenoxy) is 2. The van der Waals surface area contributed by atoms with E-state index in [2.05, 4.69) is 5.32 Å². The Bertz CT molecular complexity index is 516. The lowest BCUT2D eigenvalue weighted by molar-refractivity contribution is -0.151. The van der Waals surface area contributed by atoms with E-state index in [4.69, 9.17) is 9.47 Å². The van der Waals surface area contributed by atoms with Crippen LogP contribution in [0.5, 0.6) is 5.75 Å². The molecule has 0 spiro atoms. The fraction of sp³-hybridized carbons (Fsp3) is 0.562. The van der Waals surface area contributed by atoms with Crippen molar-refractivity contribution in [3.63, 3.8) is 0 Å². The van der Waals surface area contributed by atoms with Gasteiger partial charge in [-0.15, -0.1) is 0 Å². The maximum Gasteiger partial charge on any atom is 0.330 e. The van der Waals surface area contributed by atoms with Crippen molar-refractivity contribution in [1.29, 1.82) is 0 Å². The number of nitrogens with one attached hydrogen (secondary N) is 1. The van der Waals surface area contributed by atoms with Gasteiger partial charge >= 0.3 is 5.97 Å². The van der Waals surface area contributed by atoms with Crippen LogP contribution in [0.2, 0.25) is 0 Å². The normalized spacial score (nSPS) is 17.1. The molecule has 2 rings (SSSR count). The van der Waals surface area contributed by atoms with E-state index in [1.165, 1.54) is 13.2 Å². The van der Waals surface area contributed by atoms with Gasteiger partial charge < -0.3 is 9.47 Å². The van der Waals surface area contributed by atoms with Crippen molar-refractivity contribution in [3.05, 3.63) is 29.6 Å². The van der Waals surface area contributed by atoms with Crippen molar-refractivity contribution in [2.24, 2.45) is 5.92 Å². The van der Waals surface area contributed by atoms with Crippen LogP contribution >= 0.6 is 0 Å². The quantitative estimate of drug-likeness (QED) is 0.786. The summed E-state index contributed by atoms with van der Waals surface area (Å²) in [6, 6.07) is 4.53. The Morgan fingerprint density at radius 2 is 2.19 bits per heavy atom. The number of halogens is 1. The number of rotatable bonds is 7. The number of carbonyl (C=O) groups excluding carboxylic acids is 1. The lowest BCUT2D eigenvalue weighted by atomic mass is 9.90. The minimum Gasteiger partial charge on any atom is -0.496 e. The van der Waals surface area contributed by atoms with E-state index in [0.717, 1.165) is 12.8 Å². The molecule has 116 valence electrons. The van der Waals surface area contributed by atoms with Crippen LogP contribution in [0, 0.1) is 11.7 Å². The second-order valence-electron chi connectivity index (χ2n) is 5.49. The maximum absolute atomic E-state index is 14.3.